The smallest absolute Gasteiger partial charge is 0.408 e. The number of nitrogens with one attached hydrogen (secondary N) is 1. The molecule has 1 fully saturated rings. The summed E-state index contributed by atoms with van der Waals surface area (Å²) in [6.07, 6.45) is 6.40. The van der Waals surface area contributed by atoms with E-state index in [0.717, 1.165) is 11.1 Å². The van der Waals surface area contributed by atoms with Crippen molar-refractivity contribution in [2.45, 2.75) is 77.9 Å². The highest BCUT2D eigenvalue weighted by molar-refractivity contribution is 5.96. The van der Waals surface area contributed by atoms with Crippen molar-refractivity contribution >= 4 is 11.9 Å². The first-order valence-corrected chi connectivity index (χ1v) is 9.37. The number of hydrogen-bond donors (Lipinski definition) is 1. The number of carbonyl (C=O) groups excluding carboxylic acids is 2. The Morgan fingerprint density at radius 2 is 1.72 bits per heavy atom. The van der Waals surface area contributed by atoms with Crippen LogP contribution in [0.4, 0.5) is 4.79 Å². The summed E-state index contributed by atoms with van der Waals surface area (Å²) < 4.78 is 5.27. The minimum absolute atomic E-state index is 0.169. The molecule has 25 heavy (non-hydrogen) atoms. The zero-order chi connectivity index (χ0) is 18.4. The van der Waals surface area contributed by atoms with Crippen molar-refractivity contribution in [3.63, 3.8) is 0 Å². The predicted molar refractivity (Wildman–Crippen MR) is 99.7 cm³/mol. The third-order valence-electron chi connectivity index (χ3n) is 4.66. The van der Waals surface area contributed by atoms with Crippen LogP contribution in [0.25, 0.3) is 0 Å². The second-order valence-corrected chi connectivity index (χ2v) is 8.12. The summed E-state index contributed by atoms with van der Waals surface area (Å²) in [5.74, 6) is 0.778. The summed E-state index contributed by atoms with van der Waals surface area (Å²) in [6.45, 7) is 7.42. The van der Waals surface area contributed by atoms with Gasteiger partial charge in [-0.05, 0) is 39.2 Å². The summed E-state index contributed by atoms with van der Waals surface area (Å²) in [6, 6.07) is 7.39. The number of carbonyl (C=O) groups is 2. The van der Waals surface area contributed by atoms with Gasteiger partial charge in [0, 0.05) is 12.0 Å². The average molecular weight is 345 g/mol. The fraction of sp³-hybridized carbons (Fsp3) is 0.619. The lowest BCUT2D eigenvalue weighted by molar-refractivity contribution is 0.0507. The van der Waals surface area contributed by atoms with Crippen LogP contribution in [0.15, 0.2) is 24.3 Å². The molecule has 0 spiro atoms. The molecule has 1 aromatic rings. The standard InChI is InChI=1S/C21H31NO3/c1-15(22-20(24)25-21(2,3)4)17-10-12-18(13-11-17)19(23)14-16-8-6-5-7-9-16/h10-13,15-16H,5-9,14H2,1-4H3,(H,22,24)/t15-/m0/s1. The second kappa shape index (κ2) is 8.50. The van der Waals surface area contributed by atoms with Crippen molar-refractivity contribution in [3.05, 3.63) is 35.4 Å². The minimum atomic E-state index is -0.515. The molecule has 1 aromatic carbocycles. The molecule has 4 nitrogen and oxygen atoms in total. The number of benzene rings is 1. The van der Waals surface area contributed by atoms with Crippen molar-refractivity contribution in [2.24, 2.45) is 5.92 Å². The Kier molecular flexibility index (Phi) is 6.63. The van der Waals surface area contributed by atoms with Crippen LogP contribution in [-0.4, -0.2) is 17.5 Å². The maximum Gasteiger partial charge on any atom is 0.408 e. The minimum Gasteiger partial charge on any atom is -0.444 e. The Hall–Kier alpha value is -1.84. The number of amides is 1. The first kappa shape index (κ1) is 19.5. The third-order valence-corrected chi connectivity index (χ3v) is 4.66. The van der Waals surface area contributed by atoms with Crippen LogP contribution >= 0.6 is 0 Å². The molecule has 1 N–H and O–H groups in total. The molecule has 0 saturated heterocycles. The number of alkyl carbamates (subject to hydrolysis) is 1. The van der Waals surface area contributed by atoms with Gasteiger partial charge in [0.2, 0.25) is 0 Å². The van der Waals surface area contributed by atoms with Crippen LogP contribution < -0.4 is 5.32 Å². The van der Waals surface area contributed by atoms with E-state index in [4.69, 9.17) is 4.74 Å². The van der Waals surface area contributed by atoms with Crippen molar-refractivity contribution in [2.75, 3.05) is 0 Å². The largest absolute Gasteiger partial charge is 0.444 e. The number of hydrogen-bond acceptors (Lipinski definition) is 3. The van der Waals surface area contributed by atoms with Crippen LogP contribution in [0.2, 0.25) is 0 Å². The molecule has 0 unspecified atom stereocenters. The molecular weight excluding hydrogens is 314 g/mol. The maximum atomic E-state index is 12.4. The highest BCUT2D eigenvalue weighted by Gasteiger charge is 2.20. The lowest BCUT2D eigenvalue weighted by Crippen LogP contribution is -2.34. The van der Waals surface area contributed by atoms with Gasteiger partial charge in [-0.2, -0.15) is 0 Å². The number of rotatable bonds is 5. The van der Waals surface area contributed by atoms with Crippen molar-refractivity contribution in [3.8, 4) is 0 Å². The van der Waals surface area contributed by atoms with Crippen molar-refractivity contribution in [1.29, 1.82) is 0 Å². The molecule has 1 saturated carbocycles. The maximum absolute atomic E-state index is 12.4. The lowest BCUT2D eigenvalue weighted by atomic mass is 9.84. The molecule has 0 heterocycles. The summed E-state index contributed by atoms with van der Waals surface area (Å²) in [5, 5.41) is 2.82. The zero-order valence-electron chi connectivity index (χ0n) is 15.9. The number of Topliss-reactive ketones (excluding diaryl/α,β-unsaturated/α-hetero) is 1. The van der Waals surface area contributed by atoms with Crippen LogP contribution in [0.3, 0.4) is 0 Å². The quantitative estimate of drug-likeness (QED) is 0.724. The molecule has 0 radical (unpaired) electrons. The fourth-order valence-electron chi connectivity index (χ4n) is 3.30. The molecule has 0 aliphatic heterocycles. The van der Waals surface area contributed by atoms with E-state index in [1.165, 1.54) is 32.1 Å². The summed E-state index contributed by atoms with van der Waals surface area (Å²) in [7, 11) is 0. The molecule has 1 amide bonds. The molecule has 1 atom stereocenters. The molecule has 4 heteroatoms. The Morgan fingerprint density at radius 1 is 1.12 bits per heavy atom. The van der Waals surface area contributed by atoms with E-state index in [9.17, 15) is 9.59 Å². The van der Waals surface area contributed by atoms with E-state index in [2.05, 4.69) is 5.32 Å². The third kappa shape index (κ3) is 6.52. The molecule has 138 valence electrons. The Labute approximate surface area is 151 Å². The van der Waals surface area contributed by atoms with E-state index >= 15 is 0 Å². The first-order chi connectivity index (χ1) is 11.7. The Bertz CT molecular complexity index is 580. The van der Waals surface area contributed by atoms with Crippen LogP contribution in [-0.2, 0) is 4.74 Å². The van der Waals surface area contributed by atoms with Crippen molar-refractivity contribution < 1.29 is 14.3 Å². The predicted octanol–water partition coefficient (Wildman–Crippen LogP) is 5.43. The first-order valence-electron chi connectivity index (χ1n) is 9.37. The van der Waals surface area contributed by atoms with Gasteiger partial charge in [0.25, 0.3) is 0 Å². The van der Waals surface area contributed by atoms with Gasteiger partial charge in [-0.15, -0.1) is 0 Å². The number of ether oxygens (including phenoxy) is 1. The van der Waals surface area contributed by atoms with Gasteiger partial charge in [0.05, 0.1) is 6.04 Å². The van der Waals surface area contributed by atoms with Gasteiger partial charge in [0.15, 0.2) is 5.78 Å². The fourth-order valence-corrected chi connectivity index (χ4v) is 3.30. The van der Waals surface area contributed by atoms with Crippen LogP contribution in [0.5, 0.6) is 0 Å². The van der Waals surface area contributed by atoms with E-state index in [0.29, 0.717) is 12.3 Å². The SMILES string of the molecule is C[C@H](NC(=O)OC(C)(C)C)c1ccc(C(=O)CC2CCCCC2)cc1. The van der Waals surface area contributed by atoms with Gasteiger partial charge in [-0.25, -0.2) is 4.79 Å². The van der Waals surface area contributed by atoms with E-state index in [-0.39, 0.29) is 11.8 Å². The molecule has 1 aliphatic carbocycles. The molecule has 2 rings (SSSR count). The highest BCUT2D eigenvalue weighted by Crippen LogP contribution is 2.27. The Morgan fingerprint density at radius 3 is 2.28 bits per heavy atom. The van der Waals surface area contributed by atoms with Gasteiger partial charge in [-0.3, -0.25) is 4.79 Å². The van der Waals surface area contributed by atoms with Gasteiger partial charge in [0.1, 0.15) is 5.60 Å². The highest BCUT2D eigenvalue weighted by atomic mass is 16.6. The van der Waals surface area contributed by atoms with Crippen LogP contribution in [0.1, 0.15) is 88.2 Å². The van der Waals surface area contributed by atoms with Gasteiger partial charge < -0.3 is 10.1 Å². The summed E-state index contributed by atoms with van der Waals surface area (Å²) in [4.78, 5) is 24.3. The molecule has 1 aliphatic rings. The molecule has 0 aromatic heterocycles. The summed E-state index contributed by atoms with van der Waals surface area (Å²) >= 11 is 0. The normalized spacial score (nSPS) is 17.0. The molecular formula is C21H31NO3. The van der Waals surface area contributed by atoms with E-state index in [1.807, 2.05) is 52.0 Å². The molecule has 0 bridgehead atoms. The van der Waals surface area contributed by atoms with Gasteiger partial charge >= 0.3 is 6.09 Å². The Balaban J connectivity index is 1.89. The second-order valence-electron chi connectivity index (χ2n) is 8.12. The monoisotopic (exact) mass is 345 g/mol. The van der Waals surface area contributed by atoms with Gasteiger partial charge in [-0.1, -0.05) is 56.4 Å². The van der Waals surface area contributed by atoms with Crippen molar-refractivity contribution in [1.82, 2.24) is 5.32 Å². The topological polar surface area (TPSA) is 55.4 Å². The van der Waals surface area contributed by atoms with Crippen LogP contribution in [0, 0.1) is 5.92 Å². The van der Waals surface area contributed by atoms with E-state index < -0.39 is 11.7 Å². The number of ketones is 1. The lowest BCUT2D eigenvalue weighted by Gasteiger charge is -2.22. The average Bonchev–Trinajstić information content (AvgIpc) is 2.54. The summed E-state index contributed by atoms with van der Waals surface area (Å²) in [5.41, 5.74) is 1.21. The van der Waals surface area contributed by atoms with E-state index in [1.54, 1.807) is 0 Å². The zero-order valence-corrected chi connectivity index (χ0v) is 15.9.